The largest absolute Gasteiger partial charge is 0.497 e. The Morgan fingerprint density at radius 3 is 2.61 bits per heavy atom. The van der Waals surface area contributed by atoms with Gasteiger partial charge in [0.25, 0.3) is 5.91 Å². The van der Waals surface area contributed by atoms with Crippen LogP contribution in [0.25, 0.3) is 0 Å². The number of imidazole rings is 1. The maximum absolute atomic E-state index is 13.3. The first-order valence-electron chi connectivity index (χ1n) is 9.80. The standard InChI is InChI=1S/C24H27N3O4/c1-6-8-17-13-18(15-20(30-4)22(17)31-5)24(28)26-21(23-25-11-12-27(23)2)16-9-7-10-19(14-16)29-3/h6-7,9-15,21H,1,8H2,2-5H3,(H,26,28). The number of aromatic nitrogens is 2. The summed E-state index contributed by atoms with van der Waals surface area (Å²) in [5, 5.41) is 3.10. The summed E-state index contributed by atoms with van der Waals surface area (Å²) in [7, 11) is 6.62. The van der Waals surface area contributed by atoms with Gasteiger partial charge in [-0.15, -0.1) is 6.58 Å². The molecule has 0 saturated heterocycles. The monoisotopic (exact) mass is 421 g/mol. The van der Waals surface area contributed by atoms with E-state index >= 15 is 0 Å². The molecule has 2 aromatic carbocycles. The lowest BCUT2D eigenvalue weighted by atomic mass is 10.0. The van der Waals surface area contributed by atoms with Crippen molar-refractivity contribution in [2.45, 2.75) is 12.5 Å². The number of hydrogen-bond acceptors (Lipinski definition) is 5. The molecule has 31 heavy (non-hydrogen) atoms. The van der Waals surface area contributed by atoms with E-state index in [1.165, 1.54) is 0 Å². The molecule has 0 saturated carbocycles. The third kappa shape index (κ3) is 4.71. The first-order chi connectivity index (χ1) is 15.0. The van der Waals surface area contributed by atoms with Gasteiger partial charge in [-0.05, 0) is 36.2 Å². The molecule has 1 unspecified atom stereocenters. The highest BCUT2D eigenvalue weighted by molar-refractivity contribution is 5.95. The molecular formula is C24H27N3O4. The Morgan fingerprint density at radius 1 is 1.19 bits per heavy atom. The zero-order chi connectivity index (χ0) is 22.4. The van der Waals surface area contributed by atoms with E-state index in [4.69, 9.17) is 14.2 Å². The average Bonchev–Trinajstić information content (AvgIpc) is 3.22. The van der Waals surface area contributed by atoms with E-state index in [9.17, 15) is 4.79 Å². The predicted octanol–water partition coefficient (Wildman–Crippen LogP) is 3.69. The van der Waals surface area contributed by atoms with Crippen molar-refractivity contribution >= 4 is 5.91 Å². The number of methoxy groups -OCH3 is 3. The molecule has 3 aromatic rings. The van der Waals surface area contributed by atoms with Crippen molar-refractivity contribution in [1.29, 1.82) is 0 Å². The van der Waals surface area contributed by atoms with Crippen LogP contribution in [0.3, 0.4) is 0 Å². The maximum atomic E-state index is 13.3. The molecule has 0 aliphatic rings. The van der Waals surface area contributed by atoms with Gasteiger partial charge in [-0.2, -0.15) is 0 Å². The maximum Gasteiger partial charge on any atom is 0.252 e. The third-order valence-corrected chi connectivity index (χ3v) is 5.00. The third-order valence-electron chi connectivity index (χ3n) is 5.00. The molecule has 162 valence electrons. The van der Waals surface area contributed by atoms with Crippen LogP contribution in [-0.2, 0) is 13.5 Å². The van der Waals surface area contributed by atoms with Gasteiger partial charge in [-0.25, -0.2) is 4.98 Å². The molecule has 0 bridgehead atoms. The van der Waals surface area contributed by atoms with Gasteiger partial charge >= 0.3 is 0 Å². The van der Waals surface area contributed by atoms with Crippen LogP contribution in [0.2, 0.25) is 0 Å². The van der Waals surface area contributed by atoms with E-state index in [0.29, 0.717) is 35.1 Å². The molecule has 3 rings (SSSR count). The molecule has 0 radical (unpaired) electrons. The van der Waals surface area contributed by atoms with Gasteiger partial charge in [0.15, 0.2) is 11.5 Å². The topological polar surface area (TPSA) is 74.6 Å². The van der Waals surface area contributed by atoms with Gasteiger partial charge in [0.2, 0.25) is 0 Å². The molecule has 0 fully saturated rings. The molecule has 1 heterocycles. The number of nitrogens with zero attached hydrogens (tertiary/aromatic N) is 2. The minimum absolute atomic E-state index is 0.262. The van der Waals surface area contributed by atoms with Gasteiger partial charge in [0.05, 0.1) is 21.3 Å². The van der Waals surface area contributed by atoms with Gasteiger partial charge in [0, 0.05) is 30.6 Å². The SMILES string of the molecule is C=CCc1cc(C(=O)NC(c2cccc(OC)c2)c2nccn2C)cc(OC)c1OC. The molecule has 1 amide bonds. The Bertz CT molecular complexity index is 1070. The van der Waals surface area contributed by atoms with Gasteiger partial charge in [-0.1, -0.05) is 18.2 Å². The minimum Gasteiger partial charge on any atom is -0.497 e. The van der Waals surface area contributed by atoms with E-state index in [-0.39, 0.29) is 5.91 Å². The Kier molecular flexibility index (Phi) is 6.97. The van der Waals surface area contributed by atoms with Crippen LogP contribution in [-0.4, -0.2) is 36.8 Å². The van der Waals surface area contributed by atoms with Crippen molar-refractivity contribution in [3.63, 3.8) is 0 Å². The summed E-state index contributed by atoms with van der Waals surface area (Å²) in [5.74, 6) is 2.22. The lowest BCUT2D eigenvalue weighted by Gasteiger charge is -2.21. The van der Waals surface area contributed by atoms with E-state index in [0.717, 1.165) is 11.1 Å². The smallest absolute Gasteiger partial charge is 0.252 e. The minimum atomic E-state index is -0.474. The zero-order valence-corrected chi connectivity index (χ0v) is 18.2. The van der Waals surface area contributed by atoms with E-state index in [1.807, 2.05) is 42.1 Å². The number of carbonyl (C=O) groups is 1. The Balaban J connectivity index is 2.02. The Labute approximate surface area is 182 Å². The summed E-state index contributed by atoms with van der Waals surface area (Å²) in [5.41, 5.74) is 2.13. The molecule has 0 aliphatic carbocycles. The second kappa shape index (κ2) is 9.84. The quantitative estimate of drug-likeness (QED) is 0.534. The van der Waals surface area contributed by atoms with Crippen molar-refractivity contribution < 1.29 is 19.0 Å². The van der Waals surface area contributed by atoms with Crippen molar-refractivity contribution in [2.24, 2.45) is 7.05 Å². The number of ether oxygens (including phenoxy) is 3. The van der Waals surface area contributed by atoms with Crippen LogP contribution >= 0.6 is 0 Å². The number of rotatable bonds is 9. The molecule has 7 heteroatoms. The number of allylic oxidation sites excluding steroid dienone is 1. The summed E-state index contributed by atoms with van der Waals surface area (Å²) < 4.78 is 18.2. The molecule has 0 spiro atoms. The van der Waals surface area contributed by atoms with Crippen molar-refractivity contribution in [1.82, 2.24) is 14.9 Å². The average molecular weight is 421 g/mol. The highest BCUT2D eigenvalue weighted by Gasteiger charge is 2.23. The summed E-state index contributed by atoms with van der Waals surface area (Å²) in [6.45, 7) is 3.79. The molecule has 1 N–H and O–H groups in total. The normalized spacial score (nSPS) is 11.5. The van der Waals surface area contributed by atoms with Crippen LogP contribution < -0.4 is 19.5 Å². The lowest BCUT2D eigenvalue weighted by molar-refractivity contribution is 0.0940. The second-order valence-electron chi connectivity index (χ2n) is 6.94. The molecule has 1 atom stereocenters. The fourth-order valence-corrected chi connectivity index (χ4v) is 3.47. The number of carbonyl (C=O) groups excluding carboxylic acids is 1. The van der Waals surface area contributed by atoms with Crippen molar-refractivity contribution in [3.05, 3.63) is 84.0 Å². The molecule has 0 aliphatic heterocycles. The number of nitrogens with one attached hydrogen (secondary N) is 1. The summed E-state index contributed by atoms with van der Waals surface area (Å²) >= 11 is 0. The van der Waals surface area contributed by atoms with E-state index in [2.05, 4.69) is 16.9 Å². The molecular weight excluding hydrogens is 394 g/mol. The number of benzene rings is 2. The van der Waals surface area contributed by atoms with E-state index < -0.39 is 6.04 Å². The lowest BCUT2D eigenvalue weighted by Crippen LogP contribution is -2.31. The van der Waals surface area contributed by atoms with Crippen LogP contribution in [0.15, 0.2) is 61.4 Å². The van der Waals surface area contributed by atoms with Crippen LogP contribution in [0.5, 0.6) is 17.2 Å². The number of hydrogen-bond donors (Lipinski definition) is 1. The highest BCUT2D eigenvalue weighted by atomic mass is 16.5. The van der Waals surface area contributed by atoms with Crippen LogP contribution in [0, 0.1) is 0 Å². The van der Waals surface area contributed by atoms with E-state index in [1.54, 1.807) is 45.7 Å². The number of amides is 1. The highest BCUT2D eigenvalue weighted by Crippen LogP contribution is 2.33. The first kappa shape index (κ1) is 22.0. The Hall–Kier alpha value is -3.74. The fourth-order valence-electron chi connectivity index (χ4n) is 3.47. The van der Waals surface area contributed by atoms with Crippen LogP contribution in [0.1, 0.15) is 33.4 Å². The summed E-state index contributed by atoms with van der Waals surface area (Å²) in [4.78, 5) is 17.8. The first-order valence-corrected chi connectivity index (χ1v) is 9.80. The molecule has 1 aromatic heterocycles. The summed E-state index contributed by atoms with van der Waals surface area (Å²) in [6, 6.07) is 10.5. The van der Waals surface area contributed by atoms with Crippen molar-refractivity contribution in [3.8, 4) is 17.2 Å². The second-order valence-corrected chi connectivity index (χ2v) is 6.94. The molecule has 7 nitrogen and oxygen atoms in total. The van der Waals surface area contributed by atoms with Crippen LogP contribution in [0.4, 0.5) is 0 Å². The predicted molar refractivity (Wildman–Crippen MR) is 119 cm³/mol. The van der Waals surface area contributed by atoms with Gasteiger partial charge in [-0.3, -0.25) is 4.79 Å². The Morgan fingerprint density at radius 2 is 2.00 bits per heavy atom. The zero-order valence-electron chi connectivity index (χ0n) is 18.2. The fraction of sp³-hybridized carbons (Fsp3) is 0.250. The van der Waals surface area contributed by atoms with Gasteiger partial charge < -0.3 is 24.1 Å². The summed E-state index contributed by atoms with van der Waals surface area (Å²) in [6.07, 6.45) is 5.84. The van der Waals surface area contributed by atoms with Crippen molar-refractivity contribution in [2.75, 3.05) is 21.3 Å². The van der Waals surface area contributed by atoms with Gasteiger partial charge in [0.1, 0.15) is 17.6 Å². The number of aryl methyl sites for hydroxylation is 1.